The van der Waals surface area contributed by atoms with Crippen LogP contribution >= 0.6 is 0 Å². The van der Waals surface area contributed by atoms with Crippen LogP contribution in [0.3, 0.4) is 0 Å². The van der Waals surface area contributed by atoms with Crippen LogP contribution in [0.15, 0.2) is 109 Å². The fourth-order valence-corrected chi connectivity index (χ4v) is 7.02. The minimum absolute atomic E-state index is 0.00995. The molecule has 2 N–H and O–H groups in total. The molecule has 0 saturated carbocycles. The van der Waals surface area contributed by atoms with Crippen molar-refractivity contribution < 1.29 is 28.7 Å². The summed E-state index contributed by atoms with van der Waals surface area (Å²) in [5, 5.41) is 5.98. The first-order valence-corrected chi connectivity index (χ1v) is 19.2. The van der Waals surface area contributed by atoms with Crippen molar-refractivity contribution in [2.45, 2.75) is 76.3 Å². The second-order valence-corrected chi connectivity index (χ2v) is 14.0. The summed E-state index contributed by atoms with van der Waals surface area (Å²) in [4.78, 5) is 53.3. The average molecular weight is 731 g/mol. The number of unbranched alkanes of at least 4 members (excludes halogenated alkanes) is 7. The molecule has 2 heterocycles. The van der Waals surface area contributed by atoms with E-state index >= 15 is 0 Å². The van der Waals surface area contributed by atoms with Gasteiger partial charge >= 0.3 is 12.2 Å². The number of nitrogens with zero attached hydrogens (tertiary/aromatic N) is 2. The van der Waals surface area contributed by atoms with Gasteiger partial charge in [0.15, 0.2) is 0 Å². The Morgan fingerprint density at radius 3 is 1.19 bits per heavy atom. The monoisotopic (exact) mass is 730 g/mol. The van der Waals surface area contributed by atoms with Gasteiger partial charge in [0.25, 0.3) is 0 Å². The Morgan fingerprint density at radius 1 is 0.481 bits per heavy atom. The van der Waals surface area contributed by atoms with Gasteiger partial charge in [-0.25, -0.2) is 9.59 Å². The molecule has 4 aromatic rings. The van der Waals surface area contributed by atoms with Gasteiger partial charge in [-0.1, -0.05) is 123 Å². The summed E-state index contributed by atoms with van der Waals surface area (Å²) in [6.45, 7) is 1.18. The zero-order chi connectivity index (χ0) is 37.5. The summed E-state index contributed by atoms with van der Waals surface area (Å²) in [7, 11) is 0. The normalized spacial score (nSPS) is 16.6. The maximum Gasteiger partial charge on any atom is 0.414 e. The van der Waals surface area contributed by atoms with Crippen molar-refractivity contribution in [2.24, 2.45) is 0 Å². The zero-order valence-corrected chi connectivity index (χ0v) is 30.8. The van der Waals surface area contributed by atoms with Gasteiger partial charge in [0, 0.05) is 37.3 Å². The van der Waals surface area contributed by atoms with E-state index in [1.54, 1.807) is 9.80 Å². The molecule has 4 aromatic carbocycles. The van der Waals surface area contributed by atoms with Crippen molar-refractivity contribution in [3.8, 4) is 22.3 Å². The van der Waals surface area contributed by atoms with E-state index in [2.05, 4.69) is 10.6 Å². The minimum atomic E-state index is -0.396. The number of amides is 4. The van der Waals surface area contributed by atoms with Gasteiger partial charge in [-0.2, -0.15) is 0 Å². The Balaban J connectivity index is 0.787. The molecule has 0 aromatic heterocycles. The van der Waals surface area contributed by atoms with Crippen LogP contribution in [0.1, 0.15) is 64.2 Å². The van der Waals surface area contributed by atoms with Crippen LogP contribution in [0.4, 0.5) is 21.0 Å². The molecule has 2 aliphatic rings. The molecule has 2 atom stereocenters. The first-order chi connectivity index (χ1) is 26.5. The molecule has 2 fully saturated rings. The van der Waals surface area contributed by atoms with E-state index in [0.29, 0.717) is 25.9 Å². The predicted molar refractivity (Wildman–Crippen MR) is 211 cm³/mol. The van der Waals surface area contributed by atoms with Crippen LogP contribution in [0.25, 0.3) is 22.3 Å². The smallest absolute Gasteiger partial charge is 0.414 e. The van der Waals surface area contributed by atoms with E-state index in [4.69, 9.17) is 9.47 Å². The lowest BCUT2D eigenvalue weighted by molar-refractivity contribution is -0.122. The second kappa shape index (κ2) is 19.4. The van der Waals surface area contributed by atoms with E-state index < -0.39 is 12.2 Å². The van der Waals surface area contributed by atoms with Crippen LogP contribution in [0, 0.1) is 0 Å². The standard InChI is InChI=1S/C44H50N4O6/c49-41(45-29-39-31-53-43(51)47(39)37-25-21-35(22-26-37)33-15-9-7-10-16-33)19-13-5-3-1-2-4-6-14-20-42(50)46-30-40-32-54-44(52)48(40)38-27-23-36(24-28-38)34-17-11-8-12-18-34/h7-12,15-18,21-28,39-40H,1-6,13-14,19-20,29-32H2,(H,45,49)(H,46,50). The highest BCUT2D eigenvalue weighted by Crippen LogP contribution is 2.28. The fraction of sp³-hybridized carbons (Fsp3) is 0.364. The maximum atomic E-state index is 12.5. The predicted octanol–water partition coefficient (Wildman–Crippen LogP) is 8.50. The summed E-state index contributed by atoms with van der Waals surface area (Å²) >= 11 is 0. The number of nitrogens with one attached hydrogen (secondary N) is 2. The van der Waals surface area contributed by atoms with Crippen LogP contribution in [0.5, 0.6) is 0 Å². The van der Waals surface area contributed by atoms with Crippen molar-refractivity contribution >= 4 is 35.4 Å². The summed E-state index contributed by atoms with van der Waals surface area (Å²) in [5.74, 6) is -0.0199. The lowest BCUT2D eigenvalue weighted by Gasteiger charge is -2.22. The van der Waals surface area contributed by atoms with Gasteiger partial charge in [-0.05, 0) is 59.4 Å². The van der Waals surface area contributed by atoms with Crippen molar-refractivity contribution in [1.82, 2.24) is 10.6 Å². The Hall–Kier alpha value is -5.64. The van der Waals surface area contributed by atoms with Crippen LogP contribution < -0.4 is 20.4 Å². The van der Waals surface area contributed by atoms with E-state index in [9.17, 15) is 19.2 Å². The number of carbonyl (C=O) groups is 4. The number of carbonyl (C=O) groups excluding carboxylic acids is 4. The minimum Gasteiger partial charge on any atom is -0.447 e. The van der Waals surface area contributed by atoms with Crippen molar-refractivity contribution in [3.05, 3.63) is 109 Å². The topological polar surface area (TPSA) is 117 Å². The molecule has 0 radical (unpaired) electrons. The van der Waals surface area contributed by atoms with Crippen LogP contribution in [0.2, 0.25) is 0 Å². The van der Waals surface area contributed by atoms with Crippen LogP contribution in [-0.2, 0) is 19.1 Å². The van der Waals surface area contributed by atoms with E-state index in [1.807, 2.05) is 109 Å². The summed E-state index contributed by atoms with van der Waals surface area (Å²) in [6.07, 6.45) is 8.10. The Morgan fingerprint density at radius 2 is 0.815 bits per heavy atom. The number of ether oxygens (including phenoxy) is 2. The Labute approximate surface area is 317 Å². The molecule has 2 saturated heterocycles. The van der Waals surface area contributed by atoms with Gasteiger partial charge in [0.2, 0.25) is 11.8 Å². The number of hydrogen-bond donors (Lipinski definition) is 2. The highest BCUT2D eigenvalue weighted by Gasteiger charge is 2.35. The quantitative estimate of drug-likeness (QED) is 0.0935. The molecule has 4 amide bonds. The third-order valence-electron chi connectivity index (χ3n) is 10.1. The molecule has 0 aliphatic carbocycles. The molecular weight excluding hydrogens is 681 g/mol. The molecule has 10 heteroatoms. The SMILES string of the molecule is O=C(CCCCCCCCCCC(=O)NCC1COC(=O)N1c1ccc(-c2ccccc2)cc1)NCC1COC(=O)N1c1ccc(-c2ccccc2)cc1. The van der Waals surface area contributed by atoms with E-state index in [1.165, 1.54) is 0 Å². The molecule has 2 aliphatic heterocycles. The van der Waals surface area contributed by atoms with Crippen LogP contribution in [-0.4, -0.2) is 62.4 Å². The number of anilines is 2. The molecule has 10 nitrogen and oxygen atoms in total. The summed E-state index contributed by atoms with van der Waals surface area (Å²) < 4.78 is 10.6. The zero-order valence-electron chi connectivity index (χ0n) is 30.8. The number of rotatable bonds is 19. The Kier molecular flexibility index (Phi) is 13.7. The molecule has 54 heavy (non-hydrogen) atoms. The summed E-state index contributed by atoms with van der Waals surface area (Å²) in [6, 6.07) is 35.3. The number of benzene rings is 4. The first kappa shape index (κ1) is 38.1. The molecule has 282 valence electrons. The van der Waals surface area contributed by atoms with E-state index in [0.717, 1.165) is 85.0 Å². The highest BCUT2D eigenvalue weighted by atomic mass is 16.6. The lowest BCUT2D eigenvalue weighted by Crippen LogP contribution is -2.42. The van der Waals surface area contributed by atoms with Gasteiger partial charge in [-0.15, -0.1) is 0 Å². The summed E-state index contributed by atoms with van der Waals surface area (Å²) in [5.41, 5.74) is 5.86. The van der Waals surface area contributed by atoms with Gasteiger partial charge in [-0.3, -0.25) is 19.4 Å². The first-order valence-electron chi connectivity index (χ1n) is 19.2. The second-order valence-electron chi connectivity index (χ2n) is 14.0. The highest BCUT2D eigenvalue weighted by molar-refractivity contribution is 5.92. The third kappa shape index (κ3) is 10.5. The molecule has 0 bridgehead atoms. The van der Waals surface area contributed by atoms with Crippen molar-refractivity contribution in [1.29, 1.82) is 0 Å². The third-order valence-corrected chi connectivity index (χ3v) is 10.1. The molecule has 2 unspecified atom stereocenters. The van der Waals surface area contributed by atoms with Crippen molar-refractivity contribution in [3.63, 3.8) is 0 Å². The molecule has 0 spiro atoms. The number of cyclic esters (lactones) is 2. The fourth-order valence-electron chi connectivity index (χ4n) is 7.02. The van der Waals surface area contributed by atoms with Gasteiger partial charge < -0.3 is 20.1 Å². The number of hydrogen-bond acceptors (Lipinski definition) is 6. The van der Waals surface area contributed by atoms with Crippen molar-refractivity contribution in [2.75, 3.05) is 36.1 Å². The molecule has 6 rings (SSSR count). The maximum absolute atomic E-state index is 12.5. The average Bonchev–Trinajstić information content (AvgIpc) is 3.78. The Bertz CT molecular complexity index is 1680. The largest absolute Gasteiger partial charge is 0.447 e. The van der Waals surface area contributed by atoms with Gasteiger partial charge in [0.05, 0.1) is 12.1 Å². The molecular formula is C44H50N4O6. The van der Waals surface area contributed by atoms with Gasteiger partial charge in [0.1, 0.15) is 13.2 Å². The lowest BCUT2D eigenvalue weighted by atomic mass is 10.1. The van der Waals surface area contributed by atoms with E-state index in [-0.39, 0.29) is 37.1 Å².